The van der Waals surface area contributed by atoms with Crippen LogP contribution < -0.4 is 5.32 Å². The zero-order valence-electron chi connectivity index (χ0n) is 11.9. The Morgan fingerprint density at radius 1 is 1.18 bits per heavy atom. The Balaban J connectivity index is 1.63. The van der Waals surface area contributed by atoms with Crippen LogP contribution >= 0.6 is 11.3 Å². The van der Waals surface area contributed by atoms with E-state index in [0.29, 0.717) is 0 Å². The van der Waals surface area contributed by atoms with Gasteiger partial charge in [-0.15, -0.1) is 11.3 Å². The standard InChI is InChI=1S/C16H16N4OS/c1-2-4-12(5-3-1)20-9-7-17-15(20)14-13(6-10-21-14)19-16-18-8-11-22-16/h1-5,7-9,11,13-14H,6,10H2,(H,18,19)/t13-,14-/m0/s1. The maximum atomic E-state index is 5.95. The van der Waals surface area contributed by atoms with Gasteiger partial charge in [0, 0.05) is 36.3 Å². The number of aromatic nitrogens is 3. The van der Waals surface area contributed by atoms with Crippen molar-refractivity contribution in [2.24, 2.45) is 0 Å². The van der Waals surface area contributed by atoms with Gasteiger partial charge in [0.2, 0.25) is 0 Å². The molecule has 0 amide bonds. The Labute approximate surface area is 132 Å². The highest BCUT2D eigenvalue weighted by Gasteiger charge is 2.33. The van der Waals surface area contributed by atoms with Crippen LogP contribution in [0.2, 0.25) is 0 Å². The van der Waals surface area contributed by atoms with Gasteiger partial charge in [-0.3, -0.25) is 0 Å². The minimum absolute atomic E-state index is 0.0703. The number of anilines is 1. The molecule has 0 spiro atoms. The van der Waals surface area contributed by atoms with Gasteiger partial charge in [0.15, 0.2) is 5.13 Å². The molecule has 112 valence electrons. The molecule has 0 radical (unpaired) electrons. The number of nitrogens with one attached hydrogen (secondary N) is 1. The van der Waals surface area contributed by atoms with Gasteiger partial charge in [0.25, 0.3) is 0 Å². The maximum Gasteiger partial charge on any atom is 0.182 e. The van der Waals surface area contributed by atoms with Crippen LogP contribution in [0.4, 0.5) is 5.13 Å². The number of nitrogens with zero attached hydrogens (tertiary/aromatic N) is 3. The molecule has 1 aromatic carbocycles. The molecule has 0 saturated carbocycles. The van der Waals surface area contributed by atoms with Gasteiger partial charge in [0.05, 0.1) is 6.04 Å². The van der Waals surface area contributed by atoms with E-state index in [0.717, 1.165) is 29.7 Å². The number of rotatable bonds is 4. The monoisotopic (exact) mass is 312 g/mol. The van der Waals surface area contributed by atoms with Crippen molar-refractivity contribution in [1.29, 1.82) is 0 Å². The predicted octanol–water partition coefficient (Wildman–Crippen LogP) is 3.27. The van der Waals surface area contributed by atoms with Gasteiger partial charge >= 0.3 is 0 Å². The van der Waals surface area contributed by atoms with E-state index in [1.54, 1.807) is 11.3 Å². The fraction of sp³-hybridized carbons (Fsp3) is 0.250. The Hall–Kier alpha value is -2.18. The van der Waals surface area contributed by atoms with E-state index < -0.39 is 0 Å². The van der Waals surface area contributed by atoms with Crippen LogP contribution in [0.5, 0.6) is 0 Å². The number of para-hydroxylation sites is 1. The molecule has 5 nitrogen and oxygen atoms in total. The number of benzene rings is 1. The lowest BCUT2D eigenvalue weighted by Crippen LogP contribution is -2.25. The predicted molar refractivity (Wildman–Crippen MR) is 86.4 cm³/mol. The van der Waals surface area contributed by atoms with Crippen molar-refractivity contribution in [2.45, 2.75) is 18.6 Å². The molecule has 3 heterocycles. The lowest BCUT2D eigenvalue weighted by molar-refractivity contribution is 0.0994. The van der Waals surface area contributed by atoms with Gasteiger partial charge in [0.1, 0.15) is 11.9 Å². The summed E-state index contributed by atoms with van der Waals surface area (Å²) in [5, 5.41) is 6.37. The molecule has 1 aliphatic rings. The molecule has 4 rings (SSSR count). The van der Waals surface area contributed by atoms with E-state index in [2.05, 4.69) is 32.0 Å². The van der Waals surface area contributed by atoms with Crippen LogP contribution in [0.1, 0.15) is 18.3 Å². The summed E-state index contributed by atoms with van der Waals surface area (Å²) >= 11 is 1.60. The number of hydrogen-bond acceptors (Lipinski definition) is 5. The molecule has 1 saturated heterocycles. The van der Waals surface area contributed by atoms with Crippen molar-refractivity contribution in [3.63, 3.8) is 0 Å². The third kappa shape index (κ3) is 2.51. The average Bonchev–Trinajstić information content (AvgIpc) is 3.29. The van der Waals surface area contributed by atoms with Crippen molar-refractivity contribution in [3.05, 3.63) is 60.1 Å². The summed E-state index contributed by atoms with van der Waals surface area (Å²) in [7, 11) is 0. The molecule has 1 N–H and O–H groups in total. The molecule has 0 unspecified atom stereocenters. The van der Waals surface area contributed by atoms with Crippen molar-refractivity contribution in [2.75, 3.05) is 11.9 Å². The molecule has 0 aliphatic carbocycles. The highest BCUT2D eigenvalue weighted by atomic mass is 32.1. The van der Waals surface area contributed by atoms with Gasteiger partial charge in [-0.1, -0.05) is 18.2 Å². The fourth-order valence-electron chi connectivity index (χ4n) is 2.78. The summed E-state index contributed by atoms with van der Waals surface area (Å²) in [6, 6.07) is 10.4. The Morgan fingerprint density at radius 3 is 2.91 bits per heavy atom. The first kappa shape index (κ1) is 13.5. The van der Waals surface area contributed by atoms with E-state index in [9.17, 15) is 0 Å². The summed E-state index contributed by atoms with van der Waals surface area (Å²) in [5.41, 5.74) is 1.10. The summed E-state index contributed by atoms with van der Waals surface area (Å²) in [4.78, 5) is 8.84. The first-order valence-electron chi connectivity index (χ1n) is 7.28. The second kappa shape index (κ2) is 5.90. The highest BCUT2D eigenvalue weighted by Crippen LogP contribution is 2.32. The number of imidazole rings is 1. The van der Waals surface area contributed by atoms with Crippen LogP contribution in [-0.2, 0) is 4.74 Å². The second-order valence-electron chi connectivity index (χ2n) is 5.16. The van der Waals surface area contributed by atoms with E-state index in [1.807, 2.05) is 42.2 Å². The zero-order chi connectivity index (χ0) is 14.8. The fourth-order valence-corrected chi connectivity index (χ4v) is 3.37. The largest absolute Gasteiger partial charge is 0.368 e. The van der Waals surface area contributed by atoms with Gasteiger partial charge in [-0.25, -0.2) is 9.97 Å². The van der Waals surface area contributed by atoms with Crippen molar-refractivity contribution < 1.29 is 4.74 Å². The van der Waals surface area contributed by atoms with Gasteiger partial charge < -0.3 is 14.6 Å². The summed E-state index contributed by atoms with van der Waals surface area (Å²) in [5.74, 6) is 0.928. The van der Waals surface area contributed by atoms with Crippen LogP contribution in [0.15, 0.2) is 54.3 Å². The van der Waals surface area contributed by atoms with Crippen LogP contribution in [0.25, 0.3) is 5.69 Å². The van der Waals surface area contributed by atoms with Crippen molar-refractivity contribution >= 4 is 16.5 Å². The highest BCUT2D eigenvalue weighted by molar-refractivity contribution is 7.13. The van der Waals surface area contributed by atoms with E-state index in [4.69, 9.17) is 4.74 Å². The van der Waals surface area contributed by atoms with E-state index in [1.165, 1.54) is 0 Å². The first-order chi connectivity index (χ1) is 10.9. The van der Waals surface area contributed by atoms with E-state index in [-0.39, 0.29) is 12.1 Å². The SMILES string of the molecule is c1ccc(-n2ccnc2[C@H]2OCC[C@@H]2Nc2nccs2)cc1. The molecule has 1 aliphatic heterocycles. The lowest BCUT2D eigenvalue weighted by atomic mass is 10.1. The third-order valence-corrected chi connectivity index (χ3v) is 4.50. The Kier molecular flexibility index (Phi) is 3.62. The molecule has 6 heteroatoms. The third-order valence-electron chi connectivity index (χ3n) is 3.79. The number of ether oxygens (including phenoxy) is 1. The summed E-state index contributed by atoms with van der Waals surface area (Å²) in [6.45, 7) is 0.732. The lowest BCUT2D eigenvalue weighted by Gasteiger charge is -2.20. The van der Waals surface area contributed by atoms with Crippen LogP contribution in [0, 0.1) is 0 Å². The quantitative estimate of drug-likeness (QED) is 0.803. The summed E-state index contributed by atoms with van der Waals surface area (Å²) < 4.78 is 8.04. The second-order valence-corrected chi connectivity index (χ2v) is 6.05. The van der Waals surface area contributed by atoms with Gasteiger partial charge in [-0.2, -0.15) is 0 Å². The number of thiazole rings is 1. The normalized spacial score (nSPS) is 21.1. The molecule has 2 aromatic heterocycles. The molecule has 3 aromatic rings. The topological polar surface area (TPSA) is 52.0 Å². The summed E-state index contributed by atoms with van der Waals surface area (Å²) in [6.07, 6.45) is 6.49. The molecular formula is C16H16N4OS. The zero-order valence-corrected chi connectivity index (χ0v) is 12.7. The first-order valence-corrected chi connectivity index (χ1v) is 8.16. The minimum Gasteiger partial charge on any atom is -0.368 e. The van der Waals surface area contributed by atoms with Crippen molar-refractivity contribution in [3.8, 4) is 5.69 Å². The van der Waals surface area contributed by atoms with Gasteiger partial charge in [-0.05, 0) is 18.6 Å². The van der Waals surface area contributed by atoms with Crippen LogP contribution in [-0.4, -0.2) is 27.2 Å². The maximum absolute atomic E-state index is 5.95. The molecule has 2 atom stereocenters. The number of hydrogen-bond donors (Lipinski definition) is 1. The van der Waals surface area contributed by atoms with Crippen molar-refractivity contribution in [1.82, 2.24) is 14.5 Å². The Morgan fingerprint density at radius 2 is 2.09 bits per heavy atom. The molecule has 22 heavy (non-hydrogen) atoms. The smallest absolute Gasteiger partial charge is 0.182 e. The Bertz CT molecular complexity index is 726. The van der Waals surface area contributed by atoms with E-state index >= 15 is 0 Å². The molecule has 0 bridgehead atoms. The minimum atomic E-state index is -0.0703. The van der Waals surface area contributed by atoms with Crippen LogP contribution in [0.3, 0.4) is 0 Å². The molecule has 1 fully saturated rings. The average molecular weight is 312 g/mol. The molecular weight excluding hydrogens is 296 g/mol.